The second kappa shape index (κ2) is 5.12. The Morgan fingerprint density at radius 1 is 0.923 bits per heavy atom. The molecule has 13 heavy (non-hydrogen) atoms. The van der Waals surface area contributed by atoms with Gasteiger partial charge in [-0.2, -0.15) is 0 Å². The third kappa shape index (κ3) is 2.92. The Morgan fingerprint density at radius 3 is 1.46 bits per heavy atom. The molecule has 0 spiro atoms. The van der Waals surface area contributed by atoms with Crippen molar-refractivity contribution in [1.82, 2.24) is 0 Å². The number of carboxylic acids is 2. The fourth-order valence-electron chi connectivity index (χ4n) is 1.38. The Labute approximate surface area is 88.4 Å². The van der Waals surface area contributed by atoms with Gasteiger partial charge in [-0.1, -0.05) is 0 Å². The summed E-state index contributed by atoms with van der Waals surface area (Å²) in [5.41, 5.74) is 0.155. The molecule has 0 saturated heterocycles. The molecule has 0 aromatic carbocycles. The van der Waals surface area contributed by atoms with E-state index in [1.807, 2.05) is 0 Å². The second-order valence-corrected chi connectivity index (χ2v) is 2.77. The van der Waals surface area contributed by atoms with Gasteiger partial charge in [0.25, 0.3) is 0 Å². The van der Waals surface area contributed by atoms with Gasteiger partial charge in [0.05, 0.1) is 0 Å². The molecule has 2 N–H and O–H groups in total. The van der Waals surface area contributed by atoms with Crippen molar-refractivity contribution in [3.05, 3.63) is 11.1 Å². The van der Waals surface area contributed by atoms with E-state index in [0.29, 0.717) is 12.8 Å². The summed E-state index contributed by atoms with van der Waals surface area (Å²) in [7, 11) is 0. The van der Waals surface area contributed by atoms with Crippen LogP contribution in [0.15, 0.2) is 11.1 Å². The molecular formula is C8H10O4Zn. The number of rotatable bonds is 2. The van der Waals surface area contributed by atoms with Crippen LogP contribution < -0.4 is 0 Å². The predicted molar refractivity (Wildman–Crippen MR) is 40.8 cm³/mol. The van der Waals surface area contributed by atoms with Crippen LogP contribution in [0.25, 0.3) is 0 Å². The molecule has 1 aliphatic carbocycles. The van der Waals surface area contributed by atoms with Gasteiger partial charge in [-0.15, -0.1) is 0 Å². The Hall–Kier alpha value is -0.697. The zero-order valence-corrected chi connectivity index (χ0v) is 10.2. The van der Waals surface area contributed by atoms with Gasteiger partial charge in [0.2, 0.25) is 0 Å². The molecule has 0 aliphatic heterocycles. The molecular weight excluding hydrogens is 225 g/mol. The Bertz CT molecular complexity index is 231. The van der Waals surface area contributed by atoms with Crippen LogP contribution in [-0.2, 0) is 29.1 Å². The molecule has 0 bridgehead atoms. The Kier molecular flexibility index (Phi) is 4.85. The first kappa shape index (κ1) is 12.3. The molecule has 5 heteroatoms. The average molecular weight is 236 g/mol. The van der Waals surface area contributed by atoms with Gasteiger partial charge in [-0.3, -0.25) is 0 Å². The summed E-state index contributed by atoms with van der Waals surface area (Å²) in [6.45, 7) is 0. The number of carbonyl (C=O) groups is 2. The quantitative estimate of drug-likeness (QED) is 0.701. The number of carboxylic acid groups (broad SMARTS) is 2. The van der Waals surface area contributed by atoms with E-state index in [0.717, 1.165) is 12.8 Å². The van der Waals surface area contributed by atoms with Crippen LogP contribution in [0.3, 0.4) is 0 Å². The Balaban J connectivity index is 0.00000144. The molecule has 0 aromatic heterocycles. The van der Waals surface area contributed by atoms with Crippen molar-refractivity contribution in [3.63, 3.8) is 0 Å². The van der Waals surface area contributed by atoms with E-state index in [2.05, 4.69) is 0 Å². The molecule has 1 rings (SSSR count). The first-order chi connectivity index (χ1) is 5.63. The maximum Gasteiger partial charge on any atom is 0.332 e. The maximum atomic E-state index is 10.5. The van der Waals surface area contributed by atoms with Crippen LogP contribution in [-0.4, -0.2) is 22.2 Å². The summed E-state index contributed by atoms with van der Waals surface area (Å²) in [6.07, 6.45) is 2.32. The molecule has 0 fully saturated rings. The maximum absolute atomic E-state index is 10.5. The molecule has 0 heterocycles. The van der Waals surface area contributed by atoms with Gasteiger partial charge in [0.15, 0.2) is 0 Å². The summed E-state index contributed by atoms with van der Waals surface area (Å²) in [5.74, 6) is -2.18. The minimum atomic E-state index is -1.09. The number of hydrogen-bond acceptors (Lipinski definition) is 2. The van der Waals surface area contributed by atoms with Gasteiger partial charge in [-0.25, -0.2) is 9.59 Å². The molecule has 0 atom stereocenters. The summed E-state index contributed by atoms with van der Waals surface area (Å²) in [6, 6.07) is 0. The van der Waals surface area contributed by atoms with Gasteiger partial charge in [-0.05, 0) is 25.7 Å². The van der Waals surface area contributed by atoms with Crippen molar-refractivity contribution >= 4 is 11.9 Å². The third-order valence-electron chi connectivity index (χ3n) is 1.98. The largest absolute Gasteiger partial charge is 0.478 e. The molecule has 0 amide bonds. The van der Waals surface area contributed by atoms with Crippen LogP contribution in [0.1, 0.15) is 25.7 Å². The fourth-order valence-corrected chi connectivity index (χ4v) is 1.38. The molecule has 0 unspecified atom stereocenters. The SMILES string of the molecule is O=C(O)C1=C(C(=O)O)CCCC1.[Zn]. The van der Waals surface area contributed by atoms with Gasteiger partial charge >= 0.3 is 11.9 Å². The number of hydrogen-bond donors (Lipinski definition) is 2. The Morgan fingerprint density at radius 2 is 1.23 bits per heavy atom. The van der Waals surface area contributed by atoms with Crippen LogP contribution in [0, 0.1) is 0 Å². The molecule has 4 nitrogen and oxygen atoms in total. The molecule has 0 radical (unpaired) electrons. The third-order valence-corrected chi connectivity index (χ3v) is 1.98. The number of aliphatic carboxylic acids is 2. The summed E-state index contributed by atoms with van der Waals surface area (Å²) in [5, 5.41) is 17.3. The fraction of sp³-hybridized carbons (Fsp3) is 0.500. The van der Waals surface area contributed by atoms with Crippen molar-refractivity contribution in [1.29, 1.82) is 0 Å². The summed E-state index contributed by atoms with van der Waals surface area (Å²) >= 11 is 0. The molecule has 68 valence electrons. The smallest absolute Gasteiger partial charge is 0.332 e. The predicted octanol–water partition coefficient (Wildman–Crippen LogP) is 1.02. The van der Waals surface area contributed by atoms with E-state index >= 15 is 0 Å². The van der Waals surface area contributed by atoms with E-state index in [4.69, 9.17) is 10.2 Å². The van der Waals surface area contributed by atoms with Crippen molar-refractivity contribution < 1.29 is 39.3 Å². The minimum absolute atomic E-state index is 0. The van der Waals surface area contributed by atoms with E-state index in [9.17, 15) is 9.59 Å². The zero-order chi connectivity index (χ0) is 9.14. The van der Waals surface area contributed by atoms with Crippen LogP contribution >= 0.6 is 0 Å². The standard InChI is InChI=1S/C8H10O4.Zn/c9-7(10)5-3-1-2-4-6(5)8(11)12;/h1-4H2,(H,9,10)(H,11,12);. The van der Waals surface area contributed by atoms with Crippen molar-refractivity contribution in [2.45, 2.75) is 25.7 Å². The first-order valence-electron chi connectivity index (χ1n) is 3.81. The van der Waals surface area contributed by atoms with Gasteiger partial charge in [0.1, 0.15) is 0 Å². The minimum Gasteiger partial charge on any atom is -0.478 e. The zero-order valence-electron chi connectivity index (χ0n) is 7.25. The van der Waals surface area contributed by atoms with E-state index in [-0.39, 0.29) is 30.6 Å². The average Bonchev–Trinajstić information content (AvgIpc) is 2.04. The van der Waals surface area contributed by atoms with E-state index < -0.39 is 11.9 Å². The van der Waals surface area contributed by atoms with Gasteiger partial charge in [0, 0.05) is 30.6 Å². The van der Waals surface area contributed by atoms with Crippen LogP contribution in [0.2, 0.25) is 0 Å². The van der Waals surface area contributed by atoms with Crippen molar-refractivity contribution in [3.8, 4) is 0 Å². The van der Waals surface area contributed by atoms with Gasteiger partial charge < -0.3 is 10.2 Å². The first-order valence-corrected chi connectivity index (χ1v) is 3.81. The summed E-state index contributed by atoms with van der Waals surface area (Å²) in [4.78, 5) is 21.1. The summed E-state index contributed by atoms with van der Waals surface area (Å²) < 4.78 is 0. The van der Waals surface area contributed by atoms with Crippen molar-refractivity contribution in [2.24, 2.45) is 0 Å². The van der Waals surface area contributed by atoms with E-state index in [1.54, 1.807) is 0 Å². The van der Waals surface area contributed by atoms with Crippen molar-refractivity contribution in [2.75, 3.05) is 0 Å². The molecule has 1 aliphatic rings. The van der Waals surface area contributed by atoms with Crippen LogP contribution in [0.5, 0.6) is 0 Å². The van der Waals surface area contributed by atoms with E-state index in [1.165, 1.54) is 0 Å². The molecule has 0 saturated carbocycles. The van der Waals surface area contributed by atoms with Crippen LogP contribution in [0.4, 0.5) is 0 Å². The normalized spacial score (nSPS) is 16.3. The monoisotopic (exact) mass is 234 g/mol. The molecule has 0 aromatic rings. The topological polar surface area (TPSA) is 74.6 Å². The second-order valence-electron chi connectivity index (χ2n) is 2.77.